The molecular weight excluding hydrogens is 347 g/mol. The van der Waals surface area contributed by atoms with E-state index >= 15 is 0 Å². The van der Waals surface area contributed by atoms with Crippen molar-refractivity contribution in [3.05, 3.63) is 17.8 Å². The maximum Gasteiger partial charge on any atom is 0.410 e. The molecule has 0 saturated carbocycles. The number of nitrogens with zero attached hydrogens (tertiary/aromatic N) is 4. The van der Waals surface area contributed by atoms with E-state index in [2.05, 4.69) is 9.97 Å². The van der Waals surface area contributed by atoms with Crippen molar-refractivity contribution in [1.82, 2.24) is 14.9 Å². The molecule has 7 heteroatoms. The van der Waals surface area contributed by atoms with Crippen LogP contribution in [0.5, 0.6) is 0 Å². The Hall–Kier alpha value is -1.92. The zero-order chi connectivity index (χ0) is 19.6. The number of likely N-dealkylation sites (tertiary alicyclic amines) is 1. The maximum atomic E-state index is 14.0. The van der Waals surface area contributed by atoms with Gasteiger partial charge in [0.25, 0.3) is 5.95 Å². The molecule has 150 valence electrons. The largest absolute Gasteiger partial charge is 0.444 e. The van der Waals surface area contributed by atoms with Gasteiger partial charge in [0, 0.05) is 26.2 Å². The van der Waals surface area contributed by atoms with E-state index in [9.17, 15) is 9.18 Å². The SMILES string of the molecule is Cc1cnc(F)c(N2CCC(C3CCN(C(=O)OC(C)(C)C)CC3)CC2)n1. The first kappa shape index (κ1) is 19.8. The summed E-state index contributed by atoms with van der Waals surface area (Å²) >= 11 is 0. The first-order valence-corrected chi connectivity index (χ1v) is 9.95. The number of hydrogen-bond acceptors (Lipinski definition) is 5. The monoisotopic (exact) mass is 378 g/mol. The second-order valence-corrected chi connectivity index (χ2v) is 8.76. The topological polar surface area (TPSA) is 58.6 Å². The third-order valence-corrected chi connectivity index (χ3v) is 5.53. The van der Waals surface area contributed by atoms with Gasteiger partial charge in [0.05, 0.1) is 11.9 Å². The van der Waals surface area contributed by atoms with Crippen LogP contribution in [-0.2, 0) is 4.74 Å². The lowest BCUT2D eigenvalue weighted by Crippen LogP contribution is -2.44. The standard InChI is InChI=1S/C20H31FN4O2/c1-14-13-22-17(21)18(23-14)24-9-5-15(6-10-24)16-7-11-25(12-8-16)19(26)27-20(2,3)4/h13,15-16H,5-12H2,1-4H3. The van der Waals surface area contributed by atoms with Crippen LogP contribution in [0.4, 0.5) is 15.0 Å². The number of anilines is 1. The highest BCUT2D eigenvalue weighted by molar-refractivity contribution is 5.68. The molecule has 1 aromatic heterocycles. The minimum Gasteiger partial charge on any atom is -0.444 e. The fraction of sp³-hybridized carbons (Fsp3) is 0.750. The molecule has 0 bridgehead atoms. The summed E-state index contributed by atoms with van der Waals surface area (Å²) in [5, 5.41) is 0. The molecule has 1 aromatic rings. The second kappa shape index (κ2) is 7.98. The van der Waals surface area contributed by atoms with Gasteiger partial charge in [0.15, 0.2) is 5.82 Å². The van der Waals surface area contributed by atoms with Crippen LogP contribution < -0.4 is 4.90 Å². The molecule has 0 N–H and O–H groups in total. The van der Waals surface area contributed by atoms with Gasteiger partial charge < -0.3 is 14.5 Å². The summed E-state index contributed by atoms with van der Waals surface area (Å²) in [4.78, 5) is 24.2. The normalized spacial score (nSPS) is 20.0. The molecule has 0 aromatic carbocycles. The molecule has 2 aliphatic rings. The van der Waals surface area contributed by atoms with E-state index in [0.29, 0.717) is 17.7 Å². The Kier molecular flexibility index (Phi) is 5.86. The van der Waals surface area contributed by atoms with Crippen molar-refractivity contribution in [1.29, 1.82) is 0 Å². The first-order chi connectivity index (χ1) is 12.7. The molecule has 3 rings (SSSR count). The number of carbonyl (C=O) groups is 1. The number of aryl methyl sites for hydroxylation is 1. The van der Waals surface area contributed by atoms with Crippen LogP contribution in [0.3, 0.4) is 0 Å². The molecule has 3 heterocycles. The summed E-state index contributed by atoms with van der Waals surface area (Å²) < 4.78 is 19.5. The lowest BCUT2D eigenvalue weighted by molar-refractivity contribution is 0.0152. The molecule has 0 spiro atoms. The highest BCUT2D eigenvalue weighted by Crippen LogP contribution is 2.34. The molecule has 2 fully saturated rings. The van der Waals surface area contributed by atoms with E-state index in [4.69, 9.17) is 4.74 Å². The van der Waals surface area contributed by atoms with E-state index < -0.39 is 11.5 Å². The Labute approximate surface area is 161 Å². The highest BCUT2D eigenvalue weighted by atomic mass is 19.1. The average molecular weight is 378 g/mol. The van der Waals surface area contributed by atoms with Crippen LogP contribution in [0.2, 0.25) is 0 Å². The molecule has 0 radical (unpaired) electrons. The van der Waals surface area contributed by atoms with Crippen molar-refractivity contribution in [3.8, 4) is 0 Å². The third kappa shape index (κ3) is 5.08. The van der Waals surface area contributed by atoms with E-state index in [-0.39, 0.29) is 6.09 Å². The summed E-state index contributed by atoms with van der Waals surface area (Å²) in [6.45, 7) is 10.7. The fourth-order valence-corrected chi connectivity index (χ4v) is 4.11. The van der Waals surface area contributed by atoms with Gasteiger partial charge in [-0.25, -0.2) is 14.8 Å². The van der Waals surface area contributed by atoms with Gasteiger partial charge in [-0.3, -0.25) is 0 Å². The van der Waals surface area contributed by atoms with E-state index in [1.165, 1.54) is 6.20 Å². The summed E-state index contributed by atoms with van der Waals surface area (Å²) in [5.41, 5.74) is 0.289. The zero-order valence-corrected chi connectivity index (χ0v) is 16.9. The van der Waals surface area contributed by atoms with Crippen LogP contribution in [0.15, 0.2) is 6.20 Å². The Morgan fingerprint density at radius 1 is 1.11 bits per heavy atom. The van der Waals surface area contributed by atoms with Crippen LogP contribution in [0.1, 0.15) is 52.1 Å². The van der Waals surface area contributed by atoms with E-state index in [0.717, 1.165) is 57.6 Å². The summed E-state index contributed by atoms with van der Waals surface area (Å²) in [6.07, 6.45) is 5.36. The predicted molar refractivity (Wildman–Crippen MR) is 102 cm³/mol. The quantitative estimate of drug-likeness (QED) is 0.784. The molecule has 0 unspecified atom stereocenters. The van der Waals surface area contributed by atoms with Gasteiger partial charge in [-0.15, -0.1) is 0 Å². The van der Waals surface area contributed by atoms with E-state index in [1.807, 2.05) is 37.5 Å². The lowest BCUT2D eigenvalue weighted by atomic mass is 9.79. The van der Waals surface area contributed by atoms with Crippen molar-refractivity contribution in [2.75, 3.05) is 31.1 Å². The number of hydrogen-bond donors (Lipinski definition) is 0. The molecular formula is C20H31FN4O2. The van der Waals surface area contributed by atoms with Gasteiger partial charge in [0.2, 0.25) is 0 Å². The number of ether oxygens (including phenoxy) is 1. The molecule has 2 saturated heterocycles. The van der Waals surface area contributed by atoms with Gasteiger partial charge >= 0.3 is 6.09 Å². The lowest BCUT2D eigenvalue weighted by Gasteiger charge is -2.40. The van der Waals surface area contributed by atoms with Crippen molar-refractivity contribution in [2.45, 2.75) is 59.0 Å². The smallest absolute Gasteiger partial charge is 0.410 e. The van der Waals surface area contributed by atoms with E-state index in [1.54, 1.807) is 0 Å². The summed E-state index contributed by atoms with van der Waals surface area (Å²) in [7, 11) is 0. The first-order valence-electron chi connectivity index (χ1n) is 9.95. The Balaban J connectivity index is 1.48. The fourth-order valence-electron chi connectivity index (χ4n) is 4.11. The number of aromatic nitrogens is 2. The molecule has 2 aliphatic heterocycles. The molecule has 6 nitrogen and oxygen atoms in total. The summed E-state index contributed by atoms with van der Waals surface area (Å²) in [5.74, 6) is 1.15. The van der Waals surface area contributed by atoms with Gasteiger partial charge in [-0.05, 0) is 65.2 Å². The van der Waals surface area contributed by atoms with Crippen LogP contribution in [-0.4, -0.2) is 52.7 Å². The van der Waals surface area contributed by atoms with Crippen molar-refractivity contribution in [3.63, 3.8) is 0 Å². The number of piperidine rings is 2. The molecule has 0 atom stereocenters. The van der Waals surface area contributed by atoms with Crippen LogP contribution in [0.25, 0.3) is 0 Å². The van der Waals surface area contributed by atoms with Crippen molar-refractivity contribution in [2.24, 2.45) is 11.8 Å². The highest BCUT2D eigenvalue weighted by Gasteiger charge is 2.33. The number of halogens is 1. The van der Waals surface area contributed by atoms with Gasteiger partial charge in [0.1, 0.15) is 5.60 Å². The number of rotatable bonds is 2. The molecule has 0 aliphatic carbocycles. The Morgan fingerprint density at radius 3 is 2.22 bits per heavy atom. The van der Waals surface area contributed by atoms with Crippen molar-refractivity contribution < 1.29 is 13.9 Å². The number of carbonyl (C=O) groups excluding carboxylic acids is 1. The average Bonchev–Trinajstić information content (AvgIpc) is 2.63. The Morgan fingerprint density at radius 2 is 1.67 bits per heavy atom. The predicted octanol–water partition coefficient (Wildman–Crippen LogP) is 3.79. The second-order valence-electron chi connectivity index (χ2n) is 8.76. The minimum absolute atomic E-state index is 0.204. The number of amides is 1. The van der Waals surface area contributed by atoms with Crippen LogP contribution in [0, 0.1) is 24.7 Å². The van der Waals surface area contributed by atoms with Crippen molar-refractivity contribution >= 4 is 11.9 Å². The van der Waals surface area contributed by atoms with Gasteiger partial charge in [-0.1, -0.05) is 0 Å². The molecule has 27 heavy (non-hydrogen) atoms. The van der Waals surface area contributed by atoms with Gasteiger partial charge in [-0.2, -0.15) is 4.39 Å². The maximum absolute atomic E-state index is 14.0. The molecule has 1 amide bonds. The Bertz CT molecular complexity index is 660. The zero-order valence-electron chi connectivity index (χ0n) is 16.9. The third-order valence-electron chi connectivity index (χ3n) is 5.53. The summed E-state index contributed by atoms with van der Waals surface area (Å²) in [6, 6.07) is 0. The van der Waals surface area contributed by atoms with Crippen LogP contribution >= 0.6 is 0 Å². The minimum atomic E-state index is -0.482.